The lowest BCUT2D eigenvalue weighted by molar-refractivity contribution is -0.134. The van der Waals surface area contributed by atoms with E-state index >= 15 is 0 Å². The molecule has 0 spiro atoms. The number of rotatable bonds is 10. The number of nitrogens with zero attached hydrogens (tertiary/aromatic N) is 3. The number of carbonyl (C=O) groups is 3. The molecule has 1 aliphatic heterocycles. The number of hydrogen-bond donors (Lipinski definition) is 2. The molecule has 2 aromatic heterocycles. The monoisotopic (exact) mass is 570 g/mol. The number of hydrogen-bond acceptors (Lipinski definition) is 7. The number of pyridine rings is 1. The van der Waals surface area contributed by atoms with E-state index in [-0.39, 0.29) is 37.1 Å². The van der Waals surface area contributed by atoms with Crippen molar-refractivity contribution in [1.82, 2.24) is 14.5 Å². The molecule has 10 nitrogen and oxygen atoms in total. The minimum Gasteiger partial charge on any atom is -0.391 e. The first kappa shape index (κ1) is 27.9. The molecule has 212 valence electrons. The summed E-state index contributed by atoms with van der Waals surface area (Å²) in [5, 5.41) is 10.7. The Morgan fingerprint density at radius 1 is 1.20 bits per heavy atom. The summed E-state index contributed by atoms with van der Waals surface area (Å²) >= 11 is 0. The lowest BCUT2D eigenvalue weighted by Crippen LogP contribution is -2.45. The van der Waals surface area contributed by atoms with E-state index in [0.717, 1.165) is 5.69 Å². The smallest absolute Gasteiger partial charge is 0.250 e. The van der Waals surface area contributed by atoms with Crippen LogP contribution in [0.4, 0.5) is 4.39 Å². The van der Waals surface area contributed by atoms with Crippen LogP contribution in [0.1, 0.15) is 51.4 Å². The molecule has 1 unspecified atom stereocenters. The van der Waals surface area contributed by atoms with Crippen LogP contribution >= 0.6 is 0 Å². The van der Waals surface area contributed by atoms with Gasteiger partial charge < -0.3 is 20.3 Å². The van der Waals surface area contributed by atoms with Crippen LogP contribution < -0.4 is 5.73 Å². The van der Waals surface area contributed by atoms with Crippen molar-refractivity contribution in [1.29, 1.82) is 0 Å². The van der Waals surface area contributed by atoms with E-state index in [4.69, 9.17) is 5.73 Å². The Bertz CT molecular complexity index is 1600. The number of ketones is 1. The first-order chi connectivity index (χ1) is 18.9. The highest BCUT2D eigenvalue weighted by molar-refractivity contribution is 7.93. The number of sulfone groups is 1. The Kier molecular flexibility index (Phi) is 7.49. The number of aryl methyl sites for hydroxylation is 1. The predicted octanol–water partition coefficient (Wildman–Crippen LogP) is 1.75. The molecule has 2 fully saturated rings. The molecule has 0 radical (unpaired) electrons. The van der Waals surface area contributed by atoms with Gasteiger partial charge in [0, 0.05) is 46.9 Å². The lowest BCUT2D eigenvalue weighted by atomic mass is 10.0. The first-order valence-electron chi connectivity index (χ1n) is 13.1. The summed E-state index contributed by atoms with van der Waals surface area (Å²) in [6.07, 6.45) is 0.336. The number of aliphatic hydroxyl groups is 1. The van der Waals surface area contributed by atoms with Gasteiger partial charge in [-0.05, 0) is 50.1 Å². The van der Waals surface area contributed by atoms with Gasteiger partial charge in [0.15, 0.2) is 15.6 Å². The fourth-order valence-electron chi connectivity index (χ4n) is 5.37. The molecule has 1 aromatic carbocycles. The molecular formula is C28H31FN4O6S. The fraction of sp³-hybridized carbons (Fsp3) is 0.429. The van der Waals surface area contributed by atoms with Crippen molar-refractivity contribution >= 4 is 38.3 Å². The highest BCUT2D eigenvalue weighted by Crippen LogP contribution is 2.30. The Balaban J connectivity index is 1.37. The molecule has 3 heterocycles. The van der Waals surface area contributed by atoms with E-state index < -0.39 is 56.8 Å². The molecule has 5 rings (SSSR count). The Hall–Kier alpha value is -3.64. The van der Waals surface area contributed by atoms with Crippen molar-refractivity contribution in [2.24, 2.45) is 5.73 Å². The number of amides is 2. The number of carbonyl (C=O) groups excluding carboxylic acids is 3. The molecule has 3 N–H and O–H groups in total. The highest BCUT2D eigenvalue weighted by Gasteiger charge is 2.40. The second kappa shape index (κ2) is 10.7. The van der Waals surface area contributed by atoms with E-state index in [1.165, 1.54) is 33.9 Å². The Morgan fingerprint density at radius 3 is 2.62 bits per heavy atom. The number of primary amides is 1. The van der Waals surface area contributed by atoms with Gasteiger partial charge in [-0.1, -0.05) is 6.07 Å². The number of halogens is 1. The lowest BCUT2D eigenvalue weighted by Gasteiger charge is -2.28. The van der Waals surface area contributed by atoms with Gasteiger partial charge in [-0.3, -0.25) is 19.4 Å². The fourth-order valence-corrected chi connectivity index (χ4v) is 7.00. The SMILES string of the molecule is Cc1cccc(CC(O)[C@H]2C[C@@H](F)CN2C(=O)Cn2cc(C(N)=O)c3cc(C(=O)CS(=O)(=O)C4CC4)ccc32)n1. The molecule has 3 aromatic rings. The Labute approximate surface area is 230 Å². The van der Waals surface area contributed by atoms with Gasteiger partial charge in [0.2, 0.25) is 5.91 Å². The van der Waals surface area contributed by atoms with Crippen LogP contribution in [-0.2, 0) is 27.6 Å². The zero-order chi connectivity index (χ0) is 28.8. The third kappa shape index (κ3) is 5.78. The van der Waals surface area contributed by atoms with Crippen LogP contribution in [0.15, 0.2) is 42.6 Å². The van der Waals surface area contributed by atoms with E-state index in [1.807, 2.05) is 19.1 Å². The standard InChI is InChI=1S/C28H31FN4O6S/c1-16-3-2-4-19(31-16)11-25(34)24-10-18(29)12-33(24)27(36)14-32-13-22(28(30)37)21-9-17(5-8-23(21)32)26(35)15-40(38,39)20-6-7-20/h2-5,8-9,13,18,20,24-25,34H,6-7,10-12,14-15H2,1H3,(H2,30,37)/t18-,24-,25?/m1/s1. The summed E-state index contributed by atoms with van der Waals surface area (Å²) in [7, 11) is -3.53. The molecular weight excluding hydrogens is 539 g/mol. The second-order valence-electron chi connectivity index (χ2n) is 10.7. The summed E-state index contributed by atoms with van der Waals surface area (Å²) in [4.78, 5) is 44.0. The number of nitrogens with two attached hydrogens (primary N) is 1. The number of fused-ring (bicyclic) bond motifs is 1. The normalized spacial score (nSPS) is 20.1. The van der Waals surface area contributed by atoms with Gasteiger partial charge in [-0.25, -0.2) is 12.8 Å². The third-order valence-corrected chi connectivity index (χ3v) is 9.71. The first-order valence-corrected chi connectivity index (χ1v) is 14.9. The van der Waals surface area contributed by atoms with E-state index in [2.05, 4.69) is 4.98 Å². The van der Waals surface area contributed by atoms with Gasteiger partial charge in [0.25, 0.3) is 5.91 Å². The van der Waals surface area contributed by atoms with Gasteiger partial charge in [0.1, 0.15) is 18.5 Å². The predicted molar refractivity (Wildman–Crippen MR) is 145 cm³/mol. The summed E-state index contributed by atoms with van der Waals surface area (Å²) < 4.78 is 40.6. The highest BCUT2D eigenvalue weighted by atomic mass is 32.2. The minimum absolute atomic E-state index is 0.00702. The maximum absolute atomic E-state index is 14.5. The number of aromatic nitrogens is 2. The zero-order valence-electron chi connectivity index (χ0n) is 22.0. The van der Waals surface area contributed by atoms with Gasteiger partial charge >= 0.3 is 0 Å². The topological polar surface area (TPSA) is 153 Å². The van der Waals surface area contributed by atoms with Crippen LogP contribution in [0.25, 0.3) is 10.9 Å². The molecule has 40 heavy (non-hydrogen) atoms. The van der Waals surface area contributed by atoms with Crippen LogP contribution in [-0.4, -0.2) is 81.4 Å². The quantitative estimate of drug-likeness (QED) is 0.352. The van der Waals surface area contributed by atoms with Crippen LogP contribution in [0.5, 0.6) is 0 Å². The molecule has 2 amide bonds. The number of aliphatic hydroxyl groups excluding tert-OH is 1. The minimum atomic E-state index is -3.53. The average Bonchev–Trinajstić information content (AvgIpc) is 3.60. The molecule has 0 bridgehead atoms. The summed E-state index contributed by atoms with van der Waals surface area (Å²) in [6, 6.07) is 9.06. The van der Waals surface area contributed by atoms with Crippen molar-refractivity contribution in [3.8, 4) is 0 Å². The molecule has 3 atom stereocenters. The van der Waals surface area contributed by atoms with Crippen LogP contribution in [0.2, 0.25) is 0 Å². The molecule has 12 heteroatoms. The molecule has 2 aliphatic rings. The van der Waals surface area contributed by atoms with E-state index in [1.54, 1.807) is 6.07 Å². The van der Waals surface area contributed by atoms with Gasteiger partial charge in [-0.15, -0.1) is 0 Å². The summed E-state index contributed by atoms with van der Waals surface area (Å²) in [6.45, 7) is 1.40. The maximum atomic E-state index is 14.5. The zero-order valence-corrected chi connectivity index (χ0v) is 22.8. The van der Waals surface area contributed by atoms with E-state index in [9.17, 15) is 32.3 Å². The average molecular weight is 571 g/mol. The number of alkyl halides is 1. The van der Waals surface area contributed by atoms with Gasteiger partial charge in [0.05, 0.1) is 29.5 Å². The molecule has 1 saturated carbocycles. The van der Waals surface area contributed by atoms with Crippen molar-refractivity contribution in [2.45, 2.75) is 62.7 Å². The maximum Gasteiger partial charge on any atom is 0.250 e. The summed E-state index contributed by atoms with van der Waals surface area (Å²) in [5.74, 6) is -2.44. The van der Waals surface area contributed by atoms with Crippen molar-refractivity contribution in [3.63, 3.8) is 0 Å². The van der Waals surface area contributed by atoms with Crippen molar-refractivity contribution in [3.05, 3.63) is 65.1 Å². The third-order valence-electron chi connectivity index (χ3n) is 7.56. The second-order valence-corrected chi connectivity index (χ2v) is 13.0. The van der Waals surface area contributed by atoms with Crippen LogP contribution in [0, 0.1) is 6.92 Å². The number of likely N-dealkylation sites (tertiary alicyclic amines) is 1. The van der Waals surface area contributed by atoms with Crippen LogP contribution in [0.3, 0.4) is 0 Å². The molecule has 1 saturated heterocycles. The van der Waals surface area contributed by atoms with E-state index in [0.29, 0.717) is 29.4 Å². The summed E-state index contributed by atoms with van der Waals surface area (Å²) in [5.41, 5.74) is 7.61. The van der Waals surface area contributed by atoms with Gasteiger partial charge in [-0.2, -0.15) is 0 Å². The van der Waals surface area contributed by atoms with Crippen molar-refractivity contribution < 1.29 is 32.3 Å². The Morgan fingerprint density at radius 2 is 1.95 bits per heavy atom. The largest absolute Gasteiger partial charge is 0.391 e. The number of benzene rings is 1. The molecule has 1 aliphatic carbocycles. The van der Waals surface area contributed by atoms with Crippen molar-refractivity contribution in [2.75, 3.05) is 12.3 Å². The number of Topliss-reactive ketones (excluding diaryl/α,β-unsaturated/α-hetero) is 1.